The number of methoxy groups -OCH3 is 1. The molecule has 1 aromatic heterocycles. The molecule has 0 spiro atoms. The molecule has 2 atom stereocenters. The van der Waals surface area contributed by atoms with Gasteiger partial charge in [-0.1, -0.05) is 87.4 Å². The number of ether oxygens (including phenoxy) is 1. The van der Waals surface area contributed by atoms with Crippen LogP contribution >= 0.6 is 0 Å². The molecule has 0 radical (unpaired) electrons. The predicted octanol–water partition coefficient (Wildman–Crippen LogP) is 7.49. The number of rotatable bonds is 8. The summed E-state index contributed by atoms with van der Waals surface area (Å²) in [6, 6.07) is 16.9. The van der Waals surface area contributed by atoms with Crippen LogP contribution in [-0.2, 0) is 9.53 Å². The third kappa shape index (κ3) is 6.17. The Labute approximate surface area is 254 Å². The van der Waals surface area contributed by atoms with Crippen molar-refractivity contribution in [2.45, 2.75) is 76.8 Å². The molecule has 7 heteroatoms. The average molecular weight is 579 g/mol. The number of carbonyl (C=O) groups is 2. The number of allylic oxidation sites excluding steroid dienone is 3. The number of H-pyrrole nitrogens is 1. The highest BCUT2D eigenvalue weighted by Gasteiger charge is 2.37. The second-order valence-corrected chi connectivity index (χ2v) is 12.5. The van der Waals surface area contributed by atoms with Gasteiger partial charge in [-0.05, 0) is 71.4 Å². The Hall–Kier alpha value is -4.13. The molecule has 2 amide bonds. The van der Waals surface area contributed by atoms with Crippen molar-refractivity contribution >= 4 is 17.6 Å². The number of aromatic nitrogens is 2. The van der Waals surface area contributed by atoms with Gasteiger partial charge in [0.25, 0.3) is 0 Å². The van der Waals surface area contributed by atoms with Crippen LogP contribution in [0.15, 0.2) is 72.5 Å². The third-order valence-corrected chi connectivity index (χ3v) is 9.37. The zero-order valence-corrected chi connectivity index (χ0v) is 25.4. The standard InChI is InChI=1S/C36H42N4O3/c1-23(2)33(39-36(42)43-3)35(41)40-20-6-9-32(40)30-19-18-29(21-30)26-12-10-24(11-13-26)25-14-16-27(17-15-25)31-22-37-34(38-31)28-7-4-5-8-28/h10-19,22-23,28,32-33H,4-9,20-21H2,1-3H3,(H,37,38)(H,39,42)/t32-,33-/m0/s1. The second-order valence-electron chi connectivity index (χ2n) is 12.5. The van der Waals surface area contributed by atoms with Crippen molar-refractivity contribution in [2.75, 3.05) is 13.7 Å². The zero-order chi connectivity index (χ0) is 29.9. The van der Waals surface area contributed by atoms with Gasteiger partial charge in [0.1, 0.15) is 11.9 Å². The van der Waals surface area contributed by atoms with Crippen molar-refractivity contribution in [1.82, 2.24) is 20.2 Å². The number of hydrogen-bond donors (Lipinski definition) is 2. The SMILES string of the molecule is COC(=O)N[C@H](C(=O)N1CCC[C@H]1C1=CC=C(c2ccc(-c3ccc(-c4cnc(C5CCCC5)[nH]4)cc3)cc2)C1)C(C)C. The van der Waals surface area contributed by atoms with E-state index in [1.807, 2.05) is 24.9 Å². The van der Waals surface area contributed by atoms with Crippen molar-refractivity contribution in [3.8, 4) is 22.4 Å². The van der Waals surface area contributed by atoms with E-state index >= 15 is 0 Å². The van der Waals surface area contributed by atoms with E-state index in [1.54, 1.807) is 0 Å². The van der Waals surface area contributed by atoms with E-state index in [0.29, 0.717) is 12.5 Å². The van der Waals surface area contributed by atoms with E-state index in [-0.39, 0.29) is 17.9 Å². The molecule has 3 aliphatic rings. The van der Waals surface area contributed by atoms with E-state index in [0.717, 1.165) is 36.3 Å². The molecule has 1 saturated heterocycles. The Bertz CT molecular complexity index is 1510. The highest BCUT2D eigenvalue weighted by atomic mass is 16.5. The van der Waals surface area contributed by atoms with Crippen molar-refractivity contribution in [3.05, 3.63) is 83.8 Å². The van der Waals surface area contributed by atoms with Crippen molar-refractivity contribution in [2.24, 2.45) is 5.92 Å². The van der Waals surface area contributed by atoms with Gasteiger partial charge in [-0.2, -0.15) is 0 Å². The molecule has 2 heterocycles. The highest BCUT2D eigenvalue weighted by molar-refractivity contribution is 5.87. The van der Waals surface area contributed by atoms with E-state index in [9.17, 15) is 9.59 Å². The van der Waals surface area contributed by atoms with Crippen LogP contribution in [0.1, 0.15) is 76.1 Å². The molecule has 0 bridgehead atoms. The van der Waals surface area contributed by atoms with E-state index in [1.165, 1.54) is 60.6 Å². The summed E-state index contributed by atoms with van der Waals surface area (Å²) in [6.07, 6.45) is 13.6. The third-order valence-electron chi connectivity index (χ3n) is 9.37. The fourth-order valence-corrected chi connectivity index (χ4v) is 6.88. The minimum atomic E-state index is -0.599. The smallest absolute Gasteiger partial charge is 0.407 e. The second kappa shape index (κ2) is 12.6. The van der Waals surface area contributed by atoms with Gasteiger partial charge in [0.15, 0.2) is 0 Å². The van der Waals surface area contributed by atoms with Gasteiger partial charge in [0, 0.05) is 12.5 Å². The van der Waals surface area contributed by atoms with E-state index in [2.05, 4.69) is 76.0 Å². The molecule has 7 nitrogen and oxygen atoms in total. The summed E-state index contributed by atoms with van der Waals surface area (Å²) in [5.74, 6) is 1.65. The maximum atomic E-state index is 13.5. The van der Waals surface area contributed by atoms with Gasteiger partial charge in [-0.25, -0.2) is 9.78 Å². The molecule has 2 aromatic carbocycles. The molecule has 1 saturated carbocycles. The van der Waals surface area contributed by atoms with Gasteiger partial charge in [0.05, 0.1) is 25.0 Å². The first-order valence-corrected chi connectivity index (χ1v) is 15.7. The average Bonchev–Trinajstić information content (AvgIpc) is 3.86. The van der Waals surface area contributed by atoms with Crippen LogP contribution in [-0.4, -0.2) is 52.6 Å². The molecule has 2 aliphatic carbocycles. The van der Waals surface area contributed by atoms with Gasteiger partial charge < -0.3 is 19.9 Å². The number of nitrogens with one attached hydrogen (secondary N) is 2. The van der Waals surface area contributed by atoms with Crippen LogP contribution < -0.4 is 5.32 Å². The molecule has 43 heavy (non-hydrogen) atoms. The summed E-state index contributed by atoms with van der Waals surface area (Å²) in [5, 5.41) is 2.74. The molecule has 1 aliphatic heterocycles. The quantitative estimate of drug-likeness (QED) is 0.290. The lowest BCUT2D eigenvalue weighted by Gasteiger charge is -2.31. The van der Waals surface area contributed by atoms with Crippen LogP contribution in [0.2, 0.25) is 0 Å². The number of amides is 2. The fourth-order valence-electron chi connectivity index (χ4n) is 6.88. The molecule has 2 fully saturated rings. The number of carbonyl (C=O) groups excluding carboxylic acids is 2. The molecule has 2 N–H and O–H groups in total. The minimum Gasteiger partial charge on any atom is -0.453 e. The molecular weight excluding hydrogens is 536 g/mol. The number of alkyl carbamates (subject to hydrolysis) is 1. The first kappa shape index (κ1) is 29.0. The van der Waals surface area contributed by atoms with Gasteiger partial charge in [-0.3, -0.25) is 4.79 Å². The summed E-state index contributed by atoms with van der Waals surface area (Å²) >= 11 is 0. The van der Waals surface area contributed by atoms with Crippen LogP contribution in [0.3, 0.4) is 0 Å². The largest absolute Gasteiger partial charge is 0.453 e. The molecule has 3 aromatic rings. The first-order valence-electron chi connectivity index (χ1n) is 15.7. The van der Waals surface area contributed by atoms with Gasteiger partial charge in [-0.15, -0.1) is 0 Å². The number of nitrogens with zero attached hydrogens (tertiary/aromatic N) is 2. The first-order chi connectivity index (χ1) is 20.9. The topological polar surface area (TPSA) is 87.3 Å². The maximum Gasteiger partial charge on any atom is 0.407 e. The Balaban J connectivity index is 1.08. The summed E-state index contributed by atoms with van der Waals surface area (Å²) in [4.78, 5) is 35.6. The number of benzene rings is 2. The Morgan fingerprint density at radius 1 is 0.907 bits per heavy atom. The van der Waals surface area contributed by atoms with Gasteiger partial charge >= 0.3 is 6.09 Å². The van der Waals surface area contributed by atoms with Gasteiger partial charge in [0.2, 0.25) is 5.91 Å². The van der Waals surface area contributed by atoms with Crippen LogP contribution in [0.25, 0.3) is 28.0 Å². The fraction of sp³-hybridized carbons (Fsp3) is 0.417. The molecule has 6 rings (SSSR count). The Morgan fingerprint density at radius 3 is 2.21 bits per heavy atom. The number of likely N-dealkylation sites (tertiary alicyclic amines) is 1. The molecule has 0 unspecified atom stereocenters. The number of aromatic amines is 1. The summed E-state index contributed by atoms with van der Waals surface area (Å²) in [6.45, 7) is 4.60. The van der Waals surface area contributed by atoms with Crippen LogP contribution in [0, 0.1) is 5.92 Å². The monoisotopic (exact) mass is 578 g/mol. The van der Waals surface area contributed by atoms with Crippen molar-refractivity contribution < 1.29 is 14.3 Å². The zero-order valence-electron chi connectivity index (χ0n) is 25.4. The minimum absolute atomic E-state index is 0.0330. The van der Waals surface area contributed by atoms with Crippen molar-refractivity contribution in [3.63, 3.8) is 0 Å². The maximum absolute atomic E-state index is 13.5. The van der Waals surface area contributed by atoms with E-state index < -0.39 is 12.1 Å². The number of hydrogen-bond acceptors (Lipinski definition) is 4. The molecular formula is C36H42N4O3. The Kier molecular flexibility index (Phi) is 8.50. The Morgan fingerprint density at radius 2 is 1.56 bits per heavy atom. The lowest BCUT2D eigenvalue weighted by molar-refractivity contribution is -0.134. The normalized spacial score (nSPS) is 19.4. The predicted molar refractivity (Wildman–Crippen MR) is 170 cm³/mol. The highest BCUT2D eigenvalue weighted by Crippen LogP contribution is 2.37. The summed E-state index contributed by atoms with van der Waals surface area (Å²) in [5.41, 5.74) is 8.34. The number of imidazole rings is 1. The summed E-state index contributed by atoms with van der Waals surface area (Å²) < 4.78 is 4.77. The summed E-state index contributed by atoms with van der Waals surface area (Å²) in [7, 11) is 1.32. The lowest BCUT2D eigenvalue weighted by atomic mass is 9.95. The lowest BCUT2D eigenvalue weighted by Crippen LogP contribution is -2.52. The van der Waals surface area contributed by atoms with Crippen LogP contribution in [0.5, 0.6) is 0 Å². The van der Waals surface area contributed by atoms with E-state index in [4.69, 9.17) is 4.74 Å². The van der Waals surface area contributed by atoms with Crippen LogP contribution in [0.4, 0.5) is 4.79 Å². The molecule has 224 valence electrons. The van der Waals surface area contributed by atoms with Crippen molar-refractivity contribution in [1.29, 1.82) is 0 Å².